The average molecular weight is 239 g/mol. The van der Waals surface area contributed by atoms with Crippen LogP contribution in [-0.2, 0) is 7.05 Å². The van der Waals surface area contributed by atoms with Crippen LogP contribution in [0.25, 0.3) is 10.9 Å². The summed E-state index contributed by atoms with van der Waals surface area (Å²) in [6, 6.07) is 5.43. The van der Waals surface area contributed by atoms with Gasteiger partial charge in [-0.05, 0) is 18.6 Å². The molecule has 0 saturated carbocycles. The van der Waals surface area contributed by atoms with Gasteiger partial charge in [0, 0.05) is 18.1 Å². The quantitative estimate of drug-likeness (QED) is 0.842. The van der Waals surface area contributed by atoms with Crippen molar-refractivity contribution in [3.8, 4) is 0 Å². The Bertz CT molecular complexity index is 533. The van der Waals surface area contributed by atoms with Gasteiger partial charge >= 0.3 is 0 Å². The Labute approximate surface area is 99.4 Å². The molecule has 4 heteroatoms. The van der Waals surface area contributed by atoms with Crippen molar-refractivity contribution in [3.63, 3.8) is 0 Å². The second kappa shape index (κ2) is 4.09. The zero-order valence-electron chi connectivity index (χ0n) is 9.37. The maximum absolute atomic E-state index is 9.16. The molecule has 16 heavy (non-hydrogen) atoms. The number of hydrogen-bond donors (Lipinski definition) is 2. The third-order valence-electron chi connectivity index (χ3n) is 3.02. The highest BCUT2D eigenvalue weighted by Gasteiger charge is 2.18. The fourth-order valence-corrected chi connectivity index (χ4v) is 2.58. The van der Waals surface area contributed by atoms with Crippen LogP contribution >= 0.6 is 11.6 Å². The van der Waals surface area contributed by atoms with Crippen molar-refractivity contribution >= 4 is 22.5 Å². The molecule has 0 aliphatic rings. The number of benzene rings is 1. The van der Waals surface area contributed by atoms with Crippen molar-refractivity contribution in [1.29, 1.82) is 0 Å². The summed E-state index contributed by atoms with van der Waals surface area (Å²) in [6.07, 6.45) is 0. The number of nitrogens with zero attached hydrogens (tertiary/aromatic N) is 1. The van der Waals surface area contributed by atoms with Crippen molar-refractivity contribution in [3.05, 3.63) is 34.5 Å². The predicted molar refractivity (Wildman–Crippen MR) is 66.7 cm³/mol. The molecule has 0 spiro atoms. The van der Waals surface area contributed by atoms with E-state index in [-0.39, 0.29) is 12.6 Å². The number of hydrogen-bond acceptors (Lipinski definition) is 2. The lowest BCUT2D eigenvalue weighted by atomic mass is 10.1. The molecule has 1 atom stereocenters. The Morgan fingerprint density at radius 3 is 2.75 bits per heavy atom. The lowest BCUT2D eigenvalue weighted by Crippen LogP contribution is -2.18. The first kappa shape index (κ1) is 11.5. The van der Waals surface area contributed by atoms with Gasteiger partial charge in [0.2, 0.25) is 0 Å². The van der Waals surface area contributed by atoms with Crippen LogP contribution in [0.1, 0.15) is 17.3 Å². The number of nitrogens with two attached hydrogens (primary N) is 1. The zero-order valence-corrected chi connectivity index (χ0v) is 10.1. The summed E-state index contributed by atoms with van der Waals surface area (Å²) in [7, 11) is 1.92. The second-order valence-electron chi connectivity index (χ2n) is 3.99. The predicted octanol–water partition coefficient (Wildman–Crippen LogP) is 2.13. The van der Waals surface area contributed by atoms with E-state index in [1.165, 1.54) is 0 Å². The van der Waals surface area contributed by atoms with Gasteiger partial charge in [-0.25, -0.2) is 0 Å². The maximum Gasteiger partial charge on any atom is 0.0687 e. The van der Waals surface area contributed by atoms with E-state index in [1.807, 2.05) is 36.7 Å². The summed E-state index contributed by atoms with van der Waals surface area (Å²) in [5.41, 5.74) is 8.89. The van der Waals surface area contributed by atoms with E-state index >= 15 is 0 Å². The standard InChI is InChI=1S/C12H15ClN2O/c1-7-8-4-3-5-9(13)12(8)15(2)11(7)10(14)6-16/h3-5,10,16H,6,14H2,1-2H3. The molecule has 0 saturated heterocycles. The van der Waals surface area contributed by atoms with Gasteiger partial charge in [0.25, 0.3) is 0 Å². The van der Waals surface area contributed by atoms with Crippen molar-refractivity contribution in [2.75, 3.05) is 6.61 Å². The fraction of sp³-hybridized carbons (Fsp3) is 0.333. The number of rotatable bonds is 2. The third-order valence-corrected chi connectivity index (χ3v) is 3.32. The monoisotopic (exact) mass is 238 g/mol. The molecule has 1 aromatic carbocycles. The smallest absolute Gasteiger partial charge is 0.0687 e. The highest BCUT2D eigenvalue weighted by Crippen LogP contribution is 2.32. The molecular weight excluding hydrogens is 224 g/mol. The average Bonchev–Trinajstić information content (AvgIpc) is 2.52. The molecule has 0 aliphatic carbocycles. The molecule has 2 aromatic rings. The lowest BCUT2D eigenvalue weighted by Gasteiger charge is -2.11. The number of aliphatic hydroxyl groups excluding tert-OH is 1. The minimum atomic E-state index is -0.367. The zero-order chi connectivity index (χ0) is 11.9. The van der Waals surface area contributed by atoms with Gasteiger partial charge in [-0.2, -0.15) is 0 Å². The number of aryl methyl sites for hydroxylation is 2. The summed E-state index contributed by atoms with van der Waals surface area (Å²) < 4.78 is 1.97. The van der Waals surface area contributed by atoms with Gasteiger partial charge in [0.05, 0.1) is 23.2 Å². The molecule has 0 fully saturated rings. The van der Waals surface area contributed by atoms with Crippen LogP contribution in [0.5, 0.6) is 0 Å². The highest BCUT2D eigenvalue weighted by atomic mass is 35.5. The molecule has 1 aromatic heterocycles. The minimum Gasteiger partial charge on any atom is -0.394 e. The first-order chi connectivity index (χ1) is 7.57. The third kappa shape index (κ3) is 1.52. The number of aromatic nitrogens is 1. The Balaban J connectivity index is 2.82. The molecule has 3 nitrogen and oxygen atoms in total. The molecule has 3 N–H and O–H groups in total. The number of aliphatic hydroxyl groups is 1. The Hall–Kier alpha value is -1.03. The topological polar surface area (TPSA) is 51.2 Å². The van der Waals surface area contributed by atoms with E-state index in [9.17, 15) is 0 Å². The van der Waals surface area contributed by atoms with Gasteiger partial charge in [-0.3, -0.25) is 0 Å². The van der Waals surface area contributed by atoms with E-state index < -0.39 is 0 Å². The first-order valence-corrected chi connectivity index (χ1v) is 5.55. The van der Waals surface area contributed by atoms with Crippen LogP contribution in [-0.4, -0.2) is 16.3 Å². The van der Waals surface area contributed by atoms with E-state index in [0.29, 0.717) is 5.02 Å². The van der Waals surface area contributed by atoms with Crippen LogP contribution in [0, 0.1) is 6.92 Å². The summed E-state index contributed by atoms with van der Waals surface area (Å²) in [4.78, 5) is 0. The number of fused-ring (bicyclic) bond motifs is 1. The van der Waals surface area contributed by atoms with Crippen molar-refractivity contribution in [2.45, 2.75) is 13.0 Å². The van der Waals surface area contributed by atoms with Crippen molar-refractivity contribution in [2.24, 2.45) is 12.8 Å². The molecule has 1 heterocycles. The number of para-hydroxylation sites is 1. The Morgan fingerprint density at radius 1 is 1.50 bits per heavy atom. The normalized spacial score (nSPS) is 13.3. The van der Waals surface area contributed by atoms with Crippen LogP contribution < -0.4 is 5.73 Å². The largest absolute Gasteiger partial charge is 0.394 e. The molecular formula is C12H15ClN2O. The minimum absolute atomic E-state index is 0.0668. The van der Waals surface area contributed by atoms with Gasteiger partial charge in [0.15, 0.2) is 0 Å². The molecule has 86 valence electrons. The SMILES string of the molecule is Cc1c(C(N)CO)n(C)c2c(Cl)cccc12. The van der Waals surface area contributed by atoms with Crippen LogP contribution in [0.2, 0.25) is 5.02 Å². The molecule has 0 amide bonds. The van der Waals surface area contributed by atoms with E-state index in [4.69, 9.17) is 22.4 Å². The molecule has 0 radical (unpaired) electrons. The molecule has 0 aliphatic heterocycles. The van der Waals surface area contributed by atoms with Gasteiger partial charge in [-0.15, -0.1) is 0 Å². The molecule has 1 unspecified atom stereocenters. The van der Waals surface area contributed by atoms with Crippen molar-refractivity contribution in [1.82, 2.24) is 4.57 Å². The highest BCUT2D eigenvalue weighted by molar-refractivity contribution is 6.35. The van der Waals surface area contributed by atoms with Gasteiger partial charge < -0.3 is 15.4 Å². The first-order valence-electron chi connectivity index (χ1n) is 5.17. The van der Waals surface area contributed by atoms with Crippen LogP contribution in [0.15, 0.2) is 18.2 Å². The summed E-state index contributed by atoms with van der Waals surface area (Å²) in [6.45, 7) is 1.94. The summed E-state index contributed by atoms with van der Waals surface area (Å²) >= 11 is 6.17. The van der Waals surface area contributed by atoms with Crippen molar-refractivity contribution < 1.29 is 5.11 Å². The maximum atomic E-state index is 9.16. The number of halogens is 1. The molecule has 0 bridgehead atoms. The van der Waals surface area contributed by atoms with E-state index in [0.717, 1.165) is 22.2 Å². The summed E-state index contributed by atoms with van der Waals surface area (Å²) in [5.74, 6) is 0. The van der Waals surface area contributed by atoms with Gasteiger partial charge in [-0.1, -0.05) is 23.7 Å². The van der Waals surface area contributed by atoms with Crippen LogP contribution in [0.3, 0.4) is 0 Å². The Kier molecular flexibility index (Phi) is 2.93. The fourth-order valence-electron chi connectivity index (χ4n) is 2.28. The van der Waals surface area contributed by atoms with E-state index in [2.05, 4.69) is 0 Å². The second-order valence-corrected chi connectivity index (χ2v) is 4.40. The van der Waals surface area contributed by atoms with Crippen LogP contribution in [0.4, 0.5) is 0 Å². The Morgan fingerprint density at radius 2 is 2.19 bits per heavy atom. The molecule has 2 rings (SSSR count). The summed E-state index contributed by atoms with van der Waals surface area (Å²) in [5, 5.41) is 11.0. The lowest BCUT2D eigenvalue weighted by molar-refractivity contribution is 0.264. The van der Waals surface area contributed by atoms with E-state index in [1.54, 1.807) is 0 Å². The van der Waals surface area contributed by atoms with Gasteiger partial charge in [0.1, 0.15) is 0 Å².